The van der Waals surface area contributed by atoms with Gasteiger partial charge in [-0.2, -0.15) is 0 Å². The van der Waals surface area contributed by atoms with Crippen LogP contribution in [0.5, 0.6) is 0 Å². The number of halogens is 1. The first kappa shape index (κ1) is 14.4. The highest BCUT2D eigenvalue weighted by Crippen LogP contribution is 2.30. The molecular weight excluding hydrogens is 265 g/mol. The number of nitrogens with two attached hydrogens (primary N) is 1. The predicted octanol–water partition coefficient (Wildman–Crippen LogP) is 2.93. The molecule has 3 nitrogen and oxygen atoms in total. The Kier molecular flexibility index (Phi) is 4.17. The standard InChI is InChI=1S/C17H22FN3/c1-21(16-6-2-4-12(16)10-19)11-13-7-8-15(18)14-5-3-9-20-17(13)14/h3,5,7-9,12,16H,2,4,6,10-11,19H2,1H3. The van der Waals surface area contributed by atoms with E-state index >= 15 is 0 Å². The third kappa shape index (κ3) is 2.78. The van der Waals surface area contributed by atoms with E-state index in [2.05, 4.69) is 16.9 Å². The van der Waals surface area contributed by atoms with Crippen LogP contribution in [-0.4, -0.2) is 29.5 Å². The molecule has 112 valence electrons. The number of nitrogens with zero attached hydrogens (tertiary/aromatic N) is 2. The van der Waals surface area contributed by atoms with Crippen LogP contribution in [0, 0.1) is 11.7 Å². The normalized spacial score (nSPS) is 22.3. The van der Waals surface area contributed by atoms with Crippen molar-refractivity contribution < 1.29 is 4.39 Å². The monoisotopic (exact) mass is 287 g/mol. The number of pyridine rings is 1. The van der Waals surface area contributed by atoms with E-state index in [1.165, 1.54) is 19.3 Å². The number of hydrogen-bond donors (Lipinski definition) is 1. The molecule has 1 saturated carbocycles. The third-order valence-electron chi connectivity index (χ3n) is 4.71. The number of aromatic nitrogens is 1. The van der Waals surface area contributed by atoms with Crippen LogP contribution >= 0.6 is 0 Å². The van der Waals surface area contributed by atoms with E-state index in [1.807, 2.05) is 6.07 Å². The molecule has 4 heteroatoms. The molecule has 3 rings (SSSR count). The second-order valence-corrected chi connectivity index (χ2v) is 6.02. The van der Waals surface area contributed by atoms with Gasteiger partial charge >= 0.3 is 0 Å². The molecule has 1 aliphatic rings. The maximum Gasteiger partial charge on any atom is 0.132 e. The van der Waals surface area contributed by atoms with Crippen LogP contribution in [0.25, 0.3) is 10.9 Å². The minimum Gasteiger partial charge on any atom is -0.330 e. The van der Waals surface area contributed by atoms with E-state index in [0.717, 1.165) is 24.2 Å². The van der Waals surface area contributed by atoms with Crippen LogP contribution in [0.3, 0.4) is 0 Å². The molecule has 0 spiro atoms. The van der Waals surface area contributed by atoms with Crippen molar-refractivity contribution in [1.29, 1.82) is 0 Å². The molecule has 1 fully saturated rings. The van der Waals surface area contributed by atoms with Crippen LogP contribution < -0.4 is 5.73 Å². The van der Waals surface area contributed by atoms with Gasteiger partial charge in [0.25, 0.3) is 0 Å². The molecule has 2 N–H and O–H groups in total. The third-order valence-corrected chi connectivity index (χ3v) is 4.71. The molecule has 1 aliphatic carbocycles. The summed E-state index contributed by atoms with van der Waals surface area (Å²) in [5.74, 6) is 0.375. The summed E-state index contributed by atoms with van der Waals surface area (Å²) in [5.41, 5.74) is 7.73. The molecular formula is C17H22FN3. The summed E-state index contributed by atoms with van der Waals surface area (Å²) in [5, 5.41) is 0.602. The van der Waals surface area contributed by atoms with E-state index in [1.54, 1.807) is 24.4 Å². The first-order valence-corrected chi connectivity index (χ1v) is 7.63. The fourth-order valence-corrected chi connectivity index (χ4v) is 3.58. The summed E-state index contributed by atoms with van der Waals surface area (Å²) < 4.78 is 13.9. The summed E-state index contributed by atoms with van der Waals surface area (Å²) in [6, 6.07) is 7.49. The number of fused-ring (bicyclic) bond motifs is 1. The summed E-state index contributed by atoms with van der Waals surface area (Å²) in [6.45, 7) is 1.53. The lowest BCUT2D eigenvalue weighted by Crippen LogP contribution is -2.37. The molecule has 1 aromatic heterocycles. The Morgan fingerprint density at radius 1 is 1.33 bits per heavy atom. The Balaban J connectivity index is 1.86. The summed E-state index contributed by atoms with van der Waals surface area (Å²) in [4.78, 5) is 6.72. The van der Waals surface area contributed by atoms with Gasteiger partial charge in [0.1, 0.15) is 5.82 Å². The zero-order valence-electron chi connectivity index (χ0n) is 12.4. The SMILES string of the molecule is CN(Cc1ccc(F)c2cccnc12)C1CCCC1CN. The van der Waals surface area contributed by atoms with Crippen LogP contribution in [-0.2, 0) is 6.54 Å². The van der Waals surface area contributed by atoms with Gasteiger partial charge in [0.2, 0.25) is 0 Å². The van der Waals surface area contributed by atoms with Crippen molar-refractivity contribution in [3.63, 3.8) is 0 Å². The van der Waals surface area contributed by atoms with Crippen molar-refractivity contribution in [3.8, 4) is 0 Å². The van der Waals surface area contributed by atoms with Crippen LogP contribution in [0.2, 0.25) is 0 Å². The average Bonchev–Trinajstić information content (AvgIpc) is 2.99. The molecule has 0 radical (unpaired) electrons. The van der Waals surface area contributed by atoms with Gasteiger partial charge in [-0.15, -0.1) is 0 Å². The highest BCUT2D eigenvalue weighted by Gasteiger charge is 2.29. The highest BCUT2D eigenvalue weighted by molar-refractivity contribution is 5.82. The van der Waals surface area contributed by atoms with Crippen LogP contribution in [0.1, 0.15) is 24.8 Å². The van der Waals surface area contributed by atoms with Crippen molar-refractivity contribution >= 4 is 10.9 Å². The number of hydrogen-bond acceptors (Lipinski definition) is 3. The van der Waals surface area contributed by atoms with Crippen LogP contribution in [0.4, 0.5) is 4.39 Å². The van der Waals surface area contributed by atoms with Gasteiger partial charge in [-0.25, -0.2) is 4.39 Å². The first-order chi connectivity index (χ1) is 10.2. The molecule has 21 heavy (non-hydrogen) atoms. The Bertz CT molecular complexity index is 628. The fraction of sp³-hybridized carbons (Fsp3) is 0.471. The van der Waals surface area contributed by atoms with Gasteiger partial charge in [0.15, 0.2) is 0 Å². The second-order valence-electron chi connectivity index (χ2n) is 6.02. The Morgan fingerprint density at radius 3 is 3.00 bits per heavy atom. The van der Waals surface area contributed by atoms with Crippen LogP contribution in [0.15, 0.2) is 30.5 Å². The lowest BCUT2D eigenvalue weighted by atomic mass is 10.0. The fourth-order valence-electron chi connectivity index (χ4n) is 3.58. The molecule has 2 unspecified atom stereocenters. The van der Waals surface area contributed by atoms with Crippen molar-refractivity contribution in [2.24, 2.45) is 11.7 Å². The molecule has 0 bridgehead atoms. The first-order valence-electron chi connectivity index (χ1n) is 7.63. The van der Waals surface area contributed by atoms with E-state index in [9.17, 15) is 4.39 Å². The largest absolute Gasteiger partial charge is 0.330 e. The molecule has 2 aromatic rings. The smallest absolute Gasteiger partial charge is 0.132 e. The molecule has 1 heterocycles. The number of rotatable bonds is 4. The van der Waals surface area contributed by atoms with Gasteiger partial charge in [0.05, 0.1) is 5.52 Å². The zero-order valence-corrected chi connectivity index (χ0v) is 12.4. The summed E-state index contributed by atoms with van der Waals surface area (Å²) >= 11 is 0. The molecule has 0 aliphatic heterocycles. The second kappa shape index (κ2) is 6.08. The van der Waals surface area contributed by atoms with Gasteiger partial charge in [-0.3, -0.25) is 9.88 Å². The van der Waals surface area contributed by atoms with Gasteiger partial charge in [-0.1, -0.05) is 12.5 Å². The maximum absolute atomic E-state index is 13.9. The predicted molar refractivity (Wildman–Crippen MR) is 83.4 cm³/mol. The van der Waals surface area contributed by atoms with Crippen molar-refractivity contribution in [2.45, 2.75) is 31.8 Å². The minimum atomic E-state index is -0.204. The quantitative estimate of drug-likeness (QED) is 0.940. The molecule has 0 saturated heterocycles. The van der Waals surface area contributed by atoms with Crippen molar-refractivity contribution in [3.05, 3.63) is 41.8 Å². The van der Waals surface area contributed by atoms with E-state index in [0.29, 0.717) is 17.3 Å². The summed E-state index contributed by atoms with van der Waals surface area (Å²) in [7, 11) is 2.14. The molecule has 1 aromatic carbocycles. The lowest BCUT2D eigenvalue weighted by molar-refractivity contribution is 0.193. The van der Waals surface area contributed by atoms with Crippen molar-refractivity contribution in [1.82, 2.24) is 9.88 Å². The van der Waals surface area contributed by atoms with Crippen molar-refractivity contribution in [2.75, 3.05) is 13.6 Å². The highest BCUT2D eigenvalue weighted by atomic mass is 19.1. The lowest BCUT2D eigenvalue weighted by Gasteiger charge is -2.29. The van der Waals surface area contributed by atoms with E-state index in [4.69, 9.17) is 5.73 Å². The van der Waals surface area contributed by atoms with Gasteiger partial charge in [0, 0.05) is 24.2 Å². The Labute approximate surface area is 125 Å². The molecule has 2 atom stereocenters. The Hall–Kier alpha value is -1.52. The van der Waals surface area contributed by atoms with Gasteiger partial charge < -0.3 is 5.73 Å². The summed E-state index contributed by atoms with van der Waals surface area (Å²) in [6.07, 6.45) is 5.39. The zero-order chi connectivity index (χ0) is 14.8. The Morgan fingerprint density at radius 2 is 2.19 bits per heavy atom. The van der Waals surface area contributed by atoms with E-state index < -0.39 is 0 Å². The minimum absolute atomic E-state index is 0.204. The maximum atomic E-state index is 13.9. The van der Waals surface area contributed by atoms with E-state index in [-0.39, 0.29) is 5.82 Å². The number of benzene rings is 1. The molecule has 0 amide bonds. The average molecular weight is 287 g/mol. The van der Waals surface area contributed by atoms with Gasteiger partial charge in [-0.05, 0) is 56.1 Å². The topological polar surface area (TPSA) is 42.2 Å².